The number of hydrogen-bond donors (Lipinski definition) is 2. The largest absolute Gasteiger partial charge is 0.486 e. The maximum Gasteiger partial charge on any atom is 0.453 e. The van der Waals surface area contributed by atoms with Crippen LogP contribution in [0, 0.1) is 0 Å². The first-order valence-corrected chi connectivity index (χ1v) is 7.85. The number of carbonyl (C=O) groups is 2. The number of alkyl halides is 3. The molecule has 2 aliphatic heterocycles. The molecule has 2 aromatic rings. The van der Waals surface area contributed by atoms with Crippen molar-refractivity contribution in [3.8, 4) is 11.5 Å². The van der Waals surface area contributed by atoms with Gasteiger partial charge in [0.15, 0.2) is 11.5 Å². The summed E-state index contributed by atoms with van der Waals surface area (Å²) in [5.74, 6) is -2.25. The Kier molecular flexibility index (Phi) is 3.89. The van der Waals surface area contributed by atoms with Gasteiger partial charge in [-0.25, -0.2) is 4.68 Å². The van der Waals surface area contributed by atoms with E-state index in [1.165, 1.54) is 6.07 Å². The number of nitrogens with one attached hydrogen (secondary N) is 2. The highest BCUT2D eigenvalue weighted by atomic mass is 19.4. The second kappa shape index (κ2) is 6.14. The van der Waals surface area contributed by atoms with Crippen LogP contribution in [-0.4, -0.2) is 39.8 Å². The van der Waals surface area contributed by atoms with Crippen LogP contribution in [0.2, 0.25) is 0 Å². The highest BCUT2D eigenvalue weighted by molar-refractivity contribution is 6.00. The van der Waals surface area contributed by atoms with Gasteiger partial charge in [0, 0.05) is 11.8 Å². The molecule has 1 aromatic carbocycles. The molecule has 0 fully saturated rings. The van der Waals surface area contributed by atoms with E-state index in [2.05, 4.69) is 20.7 Å². The molecule has 27 heavy (non-hydrogen) atoms. The number of rotatable bonds is 2. The fraction of sp³-hybridized carbons (Fsp3) is 0.333. The minimum atomic E-state index is -4.80. The molecule has 2 amide bonds. The highest BCUT2D eigenvalue weighted by Gasteiger charge is 2.41. The summed E-state index contributed by atoms with van der Waals surface area (Å²) < 4.78 is 50.0. The smallest absolute Gasteiger partial charge is 0.453 e. The van der Waals surface area contributed by atoms with E-state index >= 15 is 0 Å². The van der Waals surface area contributed by atoms with Crippen LogP contribution in [0.25, 0.3) is 0 Å². The lowest BCUT2D eigenvalue weighted by Gasteiger charge is -2.23. The number of nitrogens with zero attached hydrogens (tertiary/aromatic N) is 3. The molecule has 3 heterocycles. The van der Waals surface area contributed by atoms with Gasteiger partial charge in [0.2, 0.25) is 17.8 Å². The summed E-state index contributed by atoms with van der Waals surface area (Å²) in [6, 6.07) is 3.40. The molecule has 4 rings (SSSR count). The van der Waals surface area contributed by atoms with E-state index < -0.39 is 35.8 Å². The topological polar surface area (TPSA) is 107 Å². The molecule has 1 aromatic heterocycles. The summed E-state index contributed by atoms with van der Waals surface area (Å²) in [4.78, 5) is 27.6. The Balaban J connectivity index is 1.59. The molecule has 2 aliphatic rings. The van der Waals surface area contributed by atoms with E-state index in [4.69, 9.17) is 9.47 Å². The standard InChI is InChI=1S/C15H12F3N5O4/c16-15(17,18)13-21-14-20-11(24)6-8(23(14)22-13)12(25)19-7-1-2-9-10(5-7)27-4-3-26-9/h1-2,5,8H,3-4,6H2,(H,19,25)(H,20,21,22,24). The first-order chi connectivity index (χ1) is 12.8. The summed E-state index contributed by atoms with van der Waals surface area (Å²) in [7, 11) is 0. The third-order valence-corrected chi connectivity index (χ3v) is 3.92. The van der Waals surface area contributed by atoms with Gasteiger partial charge in [0.25, 0.3) is 5.82 Å². The Morgan fingerprint density at radius 1 is 1.26 bits per heavy atom. The minimum absolute atomic E-state index is 0.341. The van der Waals surface area contributed by atoms with Crippen molar-refractivity contribution < 1.29 is 32.2 Å². The lowest BCUT2D eigenvalue weighted by molar-refractivity contribution is -0.145. The number of ether oxygens (including phenoxy) is 2. The van der Waals surface area contributed by atoms with Gasteiger partial charge in [-0.1, -0.05) is 0 Å². The fourth-order valence-electron chi connectivity index (χ4n) is 2.73. The molecule has 0 bridgehead atoms. The van der Waals surface area contributed by atoms with Gasteiger partial charge in [0.1, 0.15) is 19.3 Å². The highest BCUT2D eigenvalue weighted by Crippen LogP contribution is 2.34. The first-order valence-electron chi connectivity index (χ1n) is 7.85. The lowest BCUT2D eigenvalue weighted by Crippen LogP contribution is -2.36. The Morgan fingerprint density at radius 2 is 2.00 bits per heavy atom. The van der Waals surface area contributed by atoms with E-state index in [1.807, 2.05) is 0 Å². The van der Waals surface area contributed by atoms with Gasteiger partial charge in [0.05, 0.1) is 6.42 Å². The van der Waals surface area contributed by atoms with E-state index in [0.717, 1.165) is 4.68 Å². The molecule has 0 saturated carbocycles. The lowest BCUT2D eigenvalue weighted by atomic mass is 10.1. The van der Waals surface area contributed by atoms with Gasteiger partial charge in [-0.05, 0) is 12.1 Å². The third kappa shape index (κ3) is 3.25. The van der Waals surface area contributed by atoms with E-state index in [1.54, 1.807) is 12.1 Å². The number of aromatic nitrogens is 3. The van der Waals surface area contributed by atoms with Gasteiger partial charge in [-0.2, -0.15) is 18.2 Å². The number of carbonyl (C=O) groups excluding carboxylic acids is 2. The van der Waals surface area contributed by atoms with Crippen LogP contribution in [-0.2, 0) is 15.8 Å². The first kappa shape index (κ1) is 17.1. The number of fused-ring (bicyclic) bond motifs is 2. The minimum Gasteiger partial charge on any atom is -0.486 e. The molecular formula is C15H12F3N5O4. The normalized spacial score (nSPS) is 18.5. The maximum atomic E-state index is 12.8. The van der Waals surface area contributed by atoms with Crippen LogP contribution in [0.4, 0.5) is 24.8 Å². The maximum absolute atomic E-state index is 12.8. The third-order valence-electron chi connectivity index (χ3n) is 3.92. The van der Waals surface area contributed by atoms with Crippen LogP contribution in [0.3, 0.4) is 0 Å². The summed E-state index contributed by atoms with van der Waals surface area (Å²) in [6.07, 6.45) is -5.17. The molecule has 0 spiro atoms. The molecule has 0 saturated heterocycles. The van der Waals surface area contributed by atoms with Crippen molar-refractivity contribution in [3.05, 3.63) is 24.0 Å². The summed E-state index contributed by atoms with van der Waals surface area (Å²) in [5.41, 5.74) is 0.341. The van der Waals surface area contributed by atoms with Crippen molar-refractivity contribution in [3.63, 3.8) is 0 Å². The molecule has 0 aliphatic carbocycles. The number of amides is 2. The molecule has 1 atom stereocenters. The van der Waals surface area contributed by atoms with Crippen LogP contribution >= 0.6 is 0 Å². The van der Waals surface area contributed by atoms with Crippen molar-refractivity contribution in [2.45, 2.75) is 18.6 Å². The average molecular weight is 383 g/mol. The second-order valence-corrected chi connectivity index (χ2v) is 5.82. The van der Waals surface area contributed by atoms with Crippen molar-refractivity contribution in [1.82, 2.24) is 14.8 Å². The Morgan fingerprint density at radius 3 is 2.74 bits per heavy atom. The predicted octanol–water partition coefficient (Wildman–Crippen LogP) is 1.59. The van der Waals surface area contributed by atoms with Crippen molar-refractivity contribution in [2.75, 3.05) is 23.8 Å². The van der Waals surface area contributed by atoms with Crippen LogP contribution in [0.15, 0.2) is 18.2 Å². The van der Waals surface area contributed by atoms with Gasteiger partial charge < -0.3 is 14.8 Å². The molecule has 9 nitrogen and oxygen atoms in total. The number of anilines is 2. The summed E-state index contributed by atoms with van der Waals surface area (Å²) in [6.45, 7) is 0.766. The van der Waals surface area contributed by atoms with E-state index in [-0.39, 0.29) is 6.42 Å². The quantitative estimate of drug-likeness (QED) is 0.816. The number of benzene rings is 1. The van der Waals surface area contributed by atoms with Crippen molar-refractivity contribution >= 4 is 23.5 Å². The van der Waals surface area contributed by atoms with Gasteiger partial charge in [-0.3, -0.25) is 14.9 Å². The van der Waals surface area contributed by atoms with Gasteiger partial charge >= 0.3 is 6.18 Å². The molecule has 2 N–H and O–H groups in total. The zero-order valence-corrected chi connectivity index (χ0v) is 13.5. The zero-order chi connectivity index (χ0) is 19.2. The van der Waals surface area contributed by atoms with Crippen molar-refractivity contribution in [1.29, 1.82) is 0 Å². The van der Waals surface area contributed by atoms with Crippen molar-refractivity contribution in [2.24, 2.45) is 0 Å². The Hall–Kier alpha value is -3.31. The van der Waals surface area contributed by atoms with Gasteiger partial charge in [-0.15, -0.1) is 5.10 Å². The zero-order valence-electron chi connectivity index (χ0n) is 13.5. The summed E-state index contributed by atoms with van der Waals surface area (Å²) >= 11 is 0. The Labute approximate surface area is 149 Å². The molecular weight excluding hydrogens is 371 g/mol. The average Bonchev–Trinajstić information content (AvgIpc) is 3.05. The molecule has 142 valence electrons. The number of hydrogen-bond acceptors (Lipinski definition) is 6. The monoisotopic (exact) mass is 383 g/mol. The van der Waals surface area contributed by atoms with Crippen LogP contribution in [0.1, 0.15) is 18.3 Å². The number of halogens is 3. The molecule has 0 radical (unpaired) electrons. The fourth-order valence-corrected chi connectivity index (χ4v) is 2.73. The Bertz CT molecular complexity index is 927. The SMILES string of the molecule is O=C1CC(C(=O)Nc2ccc3c(c2)OCCO3)n2nc(C(F)(F)F)nc2N1. The van der Waals surface area contributed by atoms with E-state index in [9.17, 15) is 22.8 Å². The predicted molar refractivity (Wildman–Crippen MR) is 83.4 cm³/mol. The van der Waals surface area contributed by atoms with Crippen LogP contribution in [0.5, 0.6) is 11.5 Å². The van der Waals surface area contributed by atoms with E-state index in [0.29, 0.717) is 30.4 Å². The molecule has 12 heteroatoms. The second-order valence-electron chi connectivity index (χ2n) is 5.82. The molecule has 1 unspecified atom stereocenters. The summed E-state index contributed by atoms with van der Waals surface area (Å²) in [5, 5.41) is 8.05. The van der Waals surface area contributed by atoms with Crippen LogP contribution < -0.4 is 20.1 Å².